The SMILES string of the molecule is O=C(O)CNCC(=O)N[C@@H](COCc1ccccc1)C(=O)N1CCCC1.O=CNCCc1ccc(O)cc1. The van der Waals surface area contributed by atoms with E-state index in [-0.39, 0.29) is 31.4 Å². The Morgan fingerprint density at radius 1 is 0.974 bits per heavy atom. The molecule has 2 aromatic carbocycles. The van der Waals surface area contributed by atoms with Crippen LogP contribution in [-0.4, -0.2) is 84.7 Å². The summed E-state index contributed by atoms with van der Waals surface area (Å²) in [6.45, 7) is 1.92. The first kappa shape index (κ1) is 30.3. The summed E-state index contributed by atoms with van der Waals surface area (Å²) in [7, 11) is 0. The zero-order valence-corrected chi connectivity index (χ0v) is 21.3. The van der Waals surface area contributed by atoms with Gasteiger partial charge in [-0.2, -0.15) is 0 Å². The molecular weight excluding hydrogens is 492 g/mol. The van der Waals surface area contributed by atoms with Gasteiger partial charge in [-0.1, -0.05) is 42.5 Å². The molecule has 38 heavy (non-hydrogen) atoms. The van der Waals surface area contributed by atoms with E-state index < -0.39 is 17.9 Å². The van der Waals surface area contributed by atoms with E-state index in [9.17, 15) is 19.2 Å². The Labute approximate surface area is 222 Å². The average molecular weight is 529 g/mol. The van der Waals surface area contributed by atoms with Crippen molar-refractivity contribution in [2.75, 3.05) is 39.3 Å². The Bertz CT molecular complexity index is 996. The quantitative estimate of drug-likeness (QED) is 0.177. The Morgan fingerprint density at radius 2 is 1.66 bits per heavy atom. The molecule has 1 aliphatic heterocycles. The largest absolute Gasteiger partial charge is 0.508 e. The molecule has 3 rings (SSSR count). The Hall–Kier alpha value is -3.96. The number of aromatic hydroxyl groups is 1. The fourth-order valence-corrected chi connectivity index (χ4v) is 3.67. The maximum absolute atomic E-state index is 12.6. The lowest BCUT2D eigenvalue weighted by Gasteiger charge is -2.24. The molecule has 2 aromatic rings. The van der Waals surface area contributed by atoms with Crippen LogP contribution in [0.4, 0.5) is 0 Å². The first-order chi connectivity index (χ1) is 18.4. The molecule has 0 radical (unpaired) electrons. The highest BCUT2D eigenvalue weighted by molar-refractivity contribution is 5.88. The van der Waals surface area contributed by atoms with E-state index in [4.69, 9.17) is 14.9 Å². The summed E-state index contributed by atoms with van der Waals surface area (Å²) in [4.78, 5) is 46.7. The van der Waals surface area contributed by atoms with Crippen LogP contribution in [0.2, 0.25) is 0 Å². The first-order valence-electron chi connectivity index (χ1n) is 12.5. The number of carboxylic acid groups (broad SMARTS) is 1. The minimum Gasteiger partial charge on any atom is -0.508 e. The van der Waals surface area contributed by atoms with Gasteiger partial charge < -0.3 is 30.5 Å². The van der Waals surface area contributed by atoms with Gasteiger partial charge in [0.25, 0.3) is 0 Å². The molecule has 5 N–H and O–H groups in total. The smallest absolute Gasteiger partial charge is 0.317 e. The monoisotopic (exact) mass is 528 g/mol. The van der Waals surface area contributed by atoms with Crippen molar-refractivity contribution in [1.29, 1.82) is 0 Å². The molecule has 3 amide bonds. The van der Waals surface area contributed by atoms with Crippen molar-refractivity contribution in [2.24, 2.45) is 0 Å². The van der Waals surface area contributed by atoms with Crippen LogP contribution in [0, 0.1) is 0 Å². The highest BCUT2D eigenvalue weighted by atomic mass is 16.5. The lowest BCUT2D eigenvalue weighted by atomic mass is 10.1. The van der Waals surface area contributed by atoms with Gasteiger partial charge in [0.15, 0.2) is 0 Å². The number of benzene rings is 2. The fraction of sp³-hybridized carbons (Fsp3) is 0.407. The number of carbonyl (C=O) groups is 4. The summed E-state index contributed by atoms with van der Waals surface area (Å²) < 4.78 is 5.63. The molecule has 1 heterocycles. The molecule has 1 atom stereocenters. The van der Waals surface area contributed by atoms with Crippen molar-refractivity contribution in [3.8, 4) is 5.75 Å². The number of hydrogen-bond acceptors (Lipinski definition) is 7. The van der Waals surface area contributed by atoms with E-state index in [0.717, 1.165) is 30.4 Å². The molecule has 1 fully saturated rings. The van der Waals surface area contributed by atoms with Gasteiger partial charge in [-0.15, -0.1) is 0 Å². The van der Waals surface area contributed by atoms with Crippen LogP contribution in [0.3, 0.4) is 0 Å². The van der Waals surface area contributed by atoms with Crippen molar-refractivity contribution < 1.29 is 34.1 Å². The number of rotatable bonds is 14. The molecule has 1 aliphatic rings. The number of phenolic OH excluding ortho intramolecular Hbond substituents is 1. The third-order valence-electron chi connectivity index (χ3n) is 5.59. The number of amides is 3. The van der Waals surface area contributed by atoms with Crippen molar-refractivity contribution in [1.82, 2.24) is 20.9 Å². The molecule has 0 aromatic heterocycles. The Kier molecular flexibility index (Phi) is 13.9. The molecule has 0 spiro atoms. The summed E-state index contributed by atoms with van der Waals surface area (Å²) >= 11 is 0. The van der Waals surface area contributed by atoms with Crippen molar-refractivity contribution >= 4 is 24.2 Å². The van der Waals surface area contributed by atoms with Gasteiger partial charge >= 0.3 is 5.97 Å². The van der Waals surface area contributed by atoms with Gasteiger partial charge in [-0.05, 0) is 42.5 Å². The predicted molar refractivity (Wildman–Crippen MR) is 140 cm³/mol. The van der Waals surface area contributed by atoms with Gasteiger partial charge in [0, 0.05) is 19.6 Å². The number of likely N-dealkylation sites (tertiary alicyclic amines) is 1. The Morgan fingerprint density at radius 3 is 2.29 bits per heavy atom. The predicted octanol–water partition coefficient (Wildman–Crippen LogP) is 0.665. The van der Waals surface area contributed by atoms with Crippen LogP contribution in [0.5, 0.6) is 5.75 Å². The van der Waals surface area contributed by atoms with E-state index in [1.807, 2.05) is 42.5 Å². The first-order valence-corrected chi connectivity index (χ1v) is 12.5. The molecule has 0 unspecified atom stereocenters. The molecule has 1 saturated heterocycles. The second-order valence-corrected chi connectivity index (χ2v) is 8.64. The Balaban J connectivity index is 0.000000352. The summed E-state index contributed by atoms with van der Waals surface area (Å²) in [5, 5.41) is 25.3. The number of nitrogens with one attached hydrogen (secondary N) is 3. The van der Waals surface area contributed by atoms with Crippen LogP contribution in [0.1, 0.15) is 24.0 Å². The molecule has 0 saturated carbocycles. The number of nitrogens with zero attached hydrogens (tertiary/aromatic N) is 1. The molecule has 0 aliphatic carbocycles. The molecule has 11 heteroatoms. The third kappa shape index (κ3) is 12.3. The third-order valence-corrected chi connectivity index (χ3v) is 5.59. The summed E-state index contributed by atoms with van der Waals surface area (Å²) in [5.74, 6) is -1.38. The van der Waals surface area contributed by atoms with E-state index in [1.54, 1.807) is 17.0 Å². The average Bonchev–Trinajstić information content (AvgIpc) is 3.45. The van der Waals surface area contributed by atoms with Crippen LogP contribution < -0.4 is 16.0 Å². The highest BCUT2D eigenvalue weighted by Gasteiger charge is 2.28. The summed E-state index contributed by atoms with van der Waals surface area (Å²) in [5.41, 5.74) is 2.08. The number of hydrogen-bond donors (Lipinski definition) is 5. The molecule has 11 nitrogen and oxygen atoms in total. The van der Waals surface area contributed by atoms with E-state index in [1.165, 1.54) is 0 Å². The number of carboxylic acids is 1. The van der Waals surface area contributed by atoms with E-state index in [2.05, 4.69) is 16.0 Å². The zero-order chi connectivity index (χ0) is 27.6. The van der Waals surface area contributed by atoms with Crippen LogP contribution in [-0.2, 0) is 36.9 Å². The van der Waals surface area contributed by atoms with E-state index in [0.29, 0.717) is 32.7 Å². The second kappa shape index (κ2) is 17.5. The van der Waals surface area contributed by atoms with Crippen LogP contribution >= 0.6 is 0 Å². The number of phenols is 1. The van der Waals surface area contributed by atoms with Crippen LogP contribution in [0.25, 0.3) is 0 Å². The topological polar surface area (TPSA) is 157 Å². The zero-order valence-electron chi connectivity index (χ0n) is 21.3. The fourth-order valence-electron chi connectivity index (χ4n) is 3.67. The summed E-state index contributed by atoms with van der Waals surface area (Å²) in [6.07, 6.45) is 3.38. The van der Waals surface area contributed by atoms with Crippen LogP contribution in [0.15, 0.2) is 54.6 Å². The standard InChI is InChI=1S/C18H25N3O5.C9H11NO2/c22-16(10-19-11-17(23)24)20-15(18(25)21-8-4-5-9-21)13-26-12-14-6-2-1-3-7-14;11-7-10-6-5-8-1-3-9(12)4-2-8/h1-3,6-7,15,19H,4-5,8-13H2,(H,20,22)(H,23,24);1-4,7,12H,5-6H2,(H,10,11)/t15-;/m0./s1. The number of carbonyl (C=O) groups excluding carboxylic acids is 3. The lowest BCUT2D eigenvalue weighted by molar-refractivity contribution is -0.138. The normalized spacial score (nSPS) is 13.1. The van der Waals surface area contributed by atoms with E-state index >= 15 is 0 Å². The maximum atomic E-state index is 12.6. The van der Waals surface area contributed by atoms with Gasteiger partial charge in [0.2, 0.25) is 18.2 Å². The van der Waals surface area contributed by atoms with Gasteiger partial charge in [-0.25, -0.2) is 0 Å². The second-order valence-electron chi connectivity index (χ2n) is 8.64. The minimum absolute atomic E-state index is 0.0644. The summed E-state index contributed by atoms with van der Waals surface area (Å²) in [6, 6.07) is 15.7. The molecular formula is C27H36N4O7. The molecule has 0 bridgehead atoms. The lowest BCUT2D eigenvalue weighted by Crippen LogP contribution is -2.52. The van der Waals surface area contributed by atoms with Crippen molar-refractivity contribution in [3.05, 3.63) is 65.7 Å². The number of aliphatic carboxylic acids is 1. The molecule has 206 valence electrons. The minimum atomic E-state index is -1.05. The van der Waals surface area contributed by atoms with Gasteiger partial charge in [0.05, 0.1) is 26.3 Å². The van der Waals surface area contributed by atoms with Gasteiger partial charge in [-0.3, -0.25) is 24.5 Å². The van der Waals surface area contributed by atoms with Crippen molar-refractivity contribution in [2.45, 2.75) is 31.9 Å². The number of ether oxygens (including phenoxy) is 1. The maximum Gasteiger partial charge on any atom is 0.317 e. The van der Waals surface area contributed by atoms with Gasteiger partial charge in [0.1, 0.15) is 11.8 Å². The van der Waals surface area contributed by atoms with Crippen molar-refractivity contribution in [3.63, 3.8) is 0 Å². The highest BCUT2D eigenvalue weighted by Crippen LogP contribution is 2.11.